The molecule has 1 aliphatic rings. The van der Waals surface area contributed by atoms with Crippen LogP contribution in [0.2, 0.25) is 0 Å². The highest BCUT2D eigenvalue weighted by Crippen LogP contribution is 2.26. The second-order valence-corrected chi connectivity index (χ2v) is 6.76. The molecule has 1 saturated heterocycles. The average molecular weight is 376 g/mol. The van der Waals surface area contributed by atoms with Crippen LogP contribution in [0.25, 0.3) is 0 Å². The number of nitrogens with zero attached hydrogens (tertiary/aromatic N) is 1. The van der Waals surface area contributed by atoms with Crippen LogP contribution < -0.4 is 5.73 Å². The van der Waals surface area contributed by atoms with E-state index in [1.807, 2.05) is 50.3 Å². The zero-order valence-corrected chi connectivity index (χ0v) is 16.5. The third-order valence-corrected chi connectivity index (χ3v) is 4.31. The summed E-state index contributed by atoms with van der Waals surface area (Å²) in [6.45, 7) is 6.87. The maximum Gasteiger partial charge on any atom is 0.323 e. The molecular weight excluding hydrogens is 344 g/mol. The normalized spacial score (nSPS) is 20.7. The van der Waals surface area contributed by atoms with Gasteiger partial charge in [-0.3, -0.25) is 14.5 Å². The van der Waals surface area contributed by atoms with Gasteiger partial charge in [-0.1, -0.05) is 49.4 Å². The van der Waals surface area contributed by atoms with Crippen LogP contribution in [-0.4, -0.2) is 47.1 Å². The average Bonchev–Trinajstić information content (AvgIpc) is 3.02. The number of likely N-dealkylation sites (tertiary alicyclic amines) is 1. The lowest BCUT2D eigenvalue weighted by atomic mass is 10.1. The minimum atomic E-state index is -0.399. The predicted molar refractivity (Wildman–Crippen MR) is 106 cm³/mol. The third kappa shape index (κ3) is 8.84. The van der Waals surface area contributed by atoms with Crippen molar-refractivity contribution in [1.29, 1.82) is 0 Å². The molecule has 1 aromatic carbocycles. The topological polar surface area (TPSA) is 92.9 Å². The number of ether oxygens (including phenoxy) is 1. The molecule has 1 fully saturated rings. The number of hydrogen-bond acceptors (Lipinski definition) is 5. The van der Waals surface area contributed by atoms with Crippen LogP contribution in [0.5, 0.6) is 0 Å². The lowest BCUT2D eigenvalue weighted by molar-refractivity contribution is -0.150. The first-order valence-electron chi connectivity index (χ1n) is 9.38. The molecule has 6 nitrogen and oxygen atoms in total. The molecule has 0 saturated carbocycles. The van der Waals surface area contributed by atoms with E-state index in [1.165, 1.54) is 6.92 Å². The number of rotatable bonds is 7. The van der Waals surface area contributed by atoms with Crippen molar-refractivity contribution in [2.75, 3.05) is 13.1 Å². The molecule has 2 rings (SSSR count). The second kappa shape index (κ2) is 12.3. The Morgan fingerprint density at radius 1 is 1.37 bits per heavy atom. The fourth-order valence-corrected chi connectivity index (χ4v) is 3.02. The molecule has 0 bridgehead atoms. The number of aliphatic hydroxyl groups excluding tert-OH is 1. The molecule has 6 heteroatoms. The van der Waals surface area contributed by atoms with Crippen molar-refractivity contribution in [3.05, 3.63) is 48.0 Å². The van der Waals surface area contributed by atoms with Gasteiger partial charge in [0, 0.05) is 20.0 Å². The Balaban J connectivity index is 0.000000828. The fourth-order valence-electron chi connectivity index (χ4n) is 3.02. The van der Waals surface area contributed by atoms with E-state index < -0.39 is 6.10 Å². The molecule has 1 heterocycles. The van der Waals surface area contributed by atoms with Gasteiger partial charge in [0.05, 0.1) is 6.10 Å². The molecule has 150 valence electrons. The van der Waals surface area contributed by atoms with Gasteiger partial charge in [0.25, 0.3) is 0 Å². The first-order chi connectivity index (χ1) is 12.9. The quantitative estimate of drug-likeness (QED) is 0.562. The Hall–Kier alpha value is -2.18. The summed E-state index contributed by atoms with van der Waals surface area (Å²) in [6.07, 6.45) is 5.21. The SMILES string of the molecule is CC(N)=O.CC=C[C@@H]1C[C@H](C(=O)OCc2ccccc2)N(CC(O)CC)C1. The molecular formula is C21H32N2O4. The van der Waals surface area contributed by atoms with Gasteiger partial charge in [-0.25, -0.2) is 0 Å². The Kier molecular flexibility index (Phi) is 10.4. The van der Waals surface area contributed by atoms with Crippen molar-refractivity contribution in [1.82, 2.24) is 4.90 Å². The van der Waals surface area contributed by atoms with Gasteiger partial charge in [0.15, 0.2) is 0 Å². The van der Waals surface area contributed by atoms with Gasteiger partial charge < -0.3 is 15.6 Å². The highest BCUT2D eigenvalue weighted by Gasteiger charge is 2.37. The number of aliphatic hydroxyl groups is 1. The second-order valence-electron chi connectivity index (χ2n) is 6.76. The van der Waals surface area contributed by atoms with Gasteiger partial charge in [-0.15, -0.1) is 0 Å². The largest absolute Gasteiger partial charge is 0.460 e. The van der Waals surface area contributed by atoms with E-state index in [-0.39, 0.29) is 17.9 Å². The maximum absolute atomic E-state index is 12.5. The van der Waals surface area contributed by atoms with Crippen molar-refractivity contribution < 1.29 is 19.4 Å². The van der Waals surface area contributed by atoms with E-state index >= 15 is 0 Å². The van der Waals surface area contributed by atoms with Crippen LogP contribution in [0.4, 0.5) is 0 Å². The van der Waals surface area contributed by atoms with Gasteiger partial charge in [0.1, 0.15) is 12.6 Å². The standard InChI is InChI=1S/C19H27NO3.C2H5NO/c1-3-8-16-11-18(20(12-16)13-17(21)4-2)19(22)23-14-15-9-6-5-7-10-15;1-2(3)4/h3,5-10,16-18,21H,4,11-14H2,1-2H3;1H3,(H2,3,4)/t16-,17?,18-;/m1./s1. The van der Waals surface area contributed by atoms with Gasteiger partial charge in [0.2, 0.25) is 5.91 Å². The number of allylic oxidation sites excluding steroid dienone is 1. The van der Waals surface area contributed by atoms with E-state index in [4.69, 9.17) is 4.74 Å². The van der Waals surface area contributed by atoms with E-state index in [0.717, 1.165) is 18.5 Å². The zero-order chi connectivity index (χ0) is 20.2. The number of nitrogens with two attached hydrogens (primary N) is 1. The highest BCUT2D eigenvalue weighted by molar-refractivity contribution is 5.76. The lowest BCUT2D eigenvalue weighted by Crippen LogP contribution is -2.41. The van der Waals surface area contributed by atoms with E-state index in [1.54, 1.807) is 0 Å². The molecule has 0 radical (unpaired) electrons. The van der Waals surface area contributed by atoms with Crippen LogP contribution in [0.15, 0.2) is 42.5 Å². The van der Waals surface area contributed by atoms with Crippen LogP contribution in [0.1, 0.15) is 39.2 Å². The van der Waals surface area contributed by atoms with Crippen LogP contribution >= 0.6 is 0 Å². The number of β-amino-alcohol motifs (C(OH)–C–C–N with tert-alkyl or cyclic N) is 1. The number of benzene rings is 1. The summed E-state index contributed by atoms with van der Waals surface area (Å²) in [7, 11) is 0. The molecule has 0 spiro atoms. The summed E-state index contributed by atoms with van der Waals surface area (Å²) in [4.78, 5) is 23.8. The summed E-state index contributed by atoms with van der Waals surface area (Å²) in [5.41, 5.74) is 5.46. The van der Waals surface area contributed by atoms with Crippen LogP contribution in [0.3, 0.4) is 0 Å². The van der Waals surface area contributed by atoms with Crippen molar-refractivity contribution in [3.63, 3.8) is 0 Å². The summed E-state index contributed by atoms with van der Waals surface area (Å²) >= 11 is 0. The van der Waals surface area contributed by atoms with Crippen molar-refractivity contribution >= 4 is 11.9 Å². The number of primary amides is 1. The van der Waals surface area contributed by atoms with Crippen LogP contribution in [-0.2, 0) is 20.9 Å². The molecule has 0 aromatic heterocycles. The van der Waals surface area contributed by atoms with Crippen molar-refractivity contribution in [2.24, 2.45) is 11.7 Å². The summed E-state index contributed by atoms with van der Waals surface area (Å²) in [6, 6.07) is 9.45. The van der Waals surface area contributed by atoms with Crippen LogP contribution in [0, 0.1) is 5.92 Å². The Bertz CT molecular complexity index is 599. The molecule has 1 aromatic rings. The van der Waals surface area contributed by atoms with Gasteiger partial charge >= 0.3 is 5.97 Å². The Morgan fingerprint density at radius 2 is 2.00 bits per heavy atom. The zero-order valence-electron chi connectivity index (χ0n) is 16.5. The number of esters is 1. The van der Waals surface area contributed by atoms with E-state index in [0.29, 0.717) is 25.5 Å². The minimum Gasteiger partial charge on any atom is -0.460 e. The number of carbonyl (C=O) groups is 2. The van der Waals surface area contributed by atoms with E-state index in [9.17, 15) is 14.7 Å². The number of amides is 1. The summed E-state index contributed by atoms with van der Waals surface area (Å²) in [5.74, 6) is -0.178. The van der Waals surface area contributed by atoms with E-state index in [2.05, 4.69) is 16.7 Å². The molecule has 1 unspecified atom stereocenters. The highest BCUT2D eigenvalue weighted by atomic mass is 16.5. The first kappa shape index (κ1) is 22.9. The van der Waals surface area contributed by atoms with Gasteiger partial charge in [-0.2, -0.15) is 0 Å². The van der Waals surface area contributed by atoms with Crippen molar-refractivity contribution in [2.45, 2.75) is 52.4 Å². The van der Waals surface area contributed by atoms with Crippen molar-refractivity contribution in [3.8, 4) is 0 Å². The minimum absolute atomic E-state index is 0.191. The lowest BCUT2D eigenvalue weighted by Gasteiger charge is -2.25. The smallest absolute Gasteiger partial charge is 0.323 e. The maximum atomic E-state index is 12.5. The molecule has 3 N–H and O–H groups in total. The number of carbonyl (C=O) groups excluding carboxylic acids is 2. The number of hydrogen-bond donors (Lipinski definition) is 2. The fraction of sp³-hybridized carbons (Fsp3) is 0.524. The third-order valence-electron chi connectivity index (χ3n) is 4.31. The summed E-state index contributed by atoms with van der Waals surface area (Å²) < 4.78 is 5.50. The monoisotopic (exact) mass is 376 g/mol. The molecule has 0 aliphatic carbocycles. The Labute approximate surface area is 162 Å². The Morgan fingerprint density at radius 3 is 2.56 bits per heavy atom. The first-order valence-corrected chi connectivity index (χ1v) is 9.38. The summed E-state index contributed by atoms with van der Waals surface area (Å²) in [5, 5.41) is 9.93. The predicted octanol–water partition coefficient (Wildman–Crippen LogP) is 2.26. The molecule has 1 amide bonds. The molecule has 1 aliphatic heterocycles. The van der Waals surface area contributed by atoms with Gasteiger partial charge in [-0.05, 0) is 31.2 Å². The molecule has 27 heavy (non-hydrogen) atoms. The molecule has 3 atom stereocenters.